The molecule has 0 amide bonds. The van der Waals surface area contributed by atoms with Crippen molar-refractivity contribution in [2.45, 2.75) is 6.54 Å². The average Bonchev–Trinajstić information content (AvgIpc) is 2.39. The Morgan fingerprint density at radius 1 is 1.19 bits per heavy atom. The molecule has 0 radical (unpaired) electrons. The maximum atomic E-state index is 8.97. The quantitative estimate of drug-likeness (QED) is 0.823. The summed E-state index contributed by atoms with van der Waals surface area (Å²) in [6, 6.07) is 13.4. The van der Waals surface area contributed by atoms with Gasteiger partial charge in [-0.15, -0.1) is 0 Å². The van der Waals surface area contributed by atoms with Gasteiger partial charge in [0.1, 0.15) is 6.07 Å². The molecule has 0 spiro atoms. The first-order valence-electron chi connectivity index (χ1n) is 4.99. The first-order valence-corrected chi connectivity index (χ1v) is 4.99. The van der Waals surface area contributed by atoms with Gasteiger partial charge in [-0.3, -0.25) is 4.98 Å². The number of nitrogens with two attached hydrogens (primary N) is 1. The van der Waals surface area contributed by atoms with Crippen LogP contribution in [0.1, 0.15) is 11.1 Å². The van der Waals surface area contributed by atoms with Gasteiger partial charge in [0.15, 0.2) is 0 Å². The van der Waals surface area contributed by atoms with Crippen LogP contribution in [-0.4, -0.2) is 4.98 Å². The molecule has 0 aliphatic carbocycles. The number of aromatic nitrogens is 1. The highest BCUT2D eigenvalue weighted by atomic mass is 14.7. The molecule has 3 heteroatoms. The lowest BCUT2D eigenvalue weighted by Gasteiger charge is -2.03. The van der Waals surface area contributed by atoms with E-state index in [1.807, 2.05) is 24.3 Å². The second-order valence-corrected chi connectivity index (χ2v) is 3.41. The number of nitrogens with zero attached hydrogens (tertiary/aromatic N) is 2. The van der Waals surface area contributed by atoms with Crippen molar-refractivity contribution < 1.29 is 0 Å². The Morgan fingerprint density at radius 2 is 1.94 bits per heavy atom. The van der Waals surface area contributed by atoms with Crippen molar-refractivity contribution >= 4 is 0 Å². The van der Waals surface area contributed by atoms with E-state index >= 15 is 0 Å². The topological polar surface area (TPSA) is 62.7 Å². The van der Waals surface area contributed by atoms with Gasteiger partial charge in [0, 0.05) is 18.3 Å². The molecule has 1 heterocycles. The average molecular weight is 209 g/mol. The van der Waals surface area contributed by atoms with Gasteiger partial charge in [0.2, 0.25) is 0 Å². The predicted octanol–water partition coefficient (Wildman–Crippen LogP) is 2.08. The molecular formula is C13H11N3. The molecule has 16 heavy (non-hydrogen) atoms. The van der Waals surface area contributed by atoms with Crippen LogP contribution in [0.15, 0.2) is 42.6 Å². The minimum absolute atomic E-state index is 0.521. The lowest BCUT2D eigenvalue weighted by atomic mass is 10.0. The normalized spacial score (nSPS) is 9.75. The van der Waals surface area contributed by atoms with E-state index in [1.54, 1.807) is 18.3 Å². The summed E-state index contributed by atoms with van der Waals surface area (Å²) in [6.07, 6.45) is 1.69. The monoisotopic (exact) mass is 209 g/mol. The molecule has 2 aromatic rings. The third kappa shape index (κ3) is 1.92. The highest BCUT2D eigenvalue weighted by Gasteiger charge is 2.04. The summed E-state index contributed by atoms with van der Waals surface area (Å²) >= 11 is 0. The molecule has 3 nitrogen and oxygen atoms in total. The summed E-state index contributed by atoms with van der Waals surface area (Å²) < 4.78 is 0. The maximum absolute atomic E-state index is 8.97. The first-order chi connectivity index (χ1) is 7.85. The zero-order chi connectivity index (χ0) is 11.4. The largest absolute Gasteiger partial charge is 0.326 e. The van der Waals surface area contributed by atoms with E-state index in [0.717, 1.165) is 11.1 Å². The number of benzene rings is 1. The van der Waals surface area contributed by atoms with E-state index < -0.39 is 0 Å². The number of hydrogen-bond acceptors (Lipinski definition) is 3. The lowest BCUT2D eigenvalue weighted by Crippen LogP contribution is -1.95. The van der Waals surface area contributed by atoms with Crippen LogP contribution < -0.4 is 5.73 Å². The van der Waals surface area contributed by atoms with Crippen LogP contribution in [0.4, 0.5) is 0 Å². The molecule has 0 aliphatic heterocycles. The molecule has 78 valence electrons. The molecule has 1 aromatic carbocycles. The minimum Gasteiger partial charge on any atom is -0.326 e. The smallest absolute Gasteiger partial charge is 0.101 e. The molecule has 0 saturated heterocycles. The van der Waals surface area contributed by atoms with Crippen molar-refractivity contribution in [3.63, 3.8) is 0 Å². The fourth-order valence-electron chi connectivity index (χ4n) is 1.52. The first kappa shape index (κ1) is 10.3. The molecule has 0 unspecified atom stereocenters. The van der Waals surface area contributed by atoms with Crippen molar-refractivity contribution in [2.75, 3.05) is 0 Å². The Morgan fingerprint density at radius 3 is 2.56 bits per heavy atom. The van der Waals surface area contributed by atoms with Crippen LogP contribution in [0.25, 0.3) is 11.3 Å². The number of rotatable bonds is 2. The standard InChI is InChI=1S/C13H11N3/c14-8-10-3-5-11(6-4-10)13-12(9-15)2-1-7-16-13/h1-7H,8,14H2. The summed E-state index contributed by atoms with van der Waals surface area (Å²) in [5.41, 5.74) is 8.84. The van der Waals surface area contributed by atoms with Crippen LogP contribution in [-0.2, 0) is 6.54 Å². The van der Waals surface area contributed by atoms with Crippen molar-refractivity contribution in [3.05, 3.63) is 53.7 Å². The Labute approximate surface area is 94.2 Å². The number of nitriles is 1. The van der Waals surface area contributed by atoms with Gasteiger partial charge in [0.25, 0.3) is 0 Å². The zero-order valence-corrected chi connectivity index (χ0v) is 8.72. The molecule has 0 saturated carbocycles. The third-order valence-corrected chi connectivity index (χ3v) is 2.39. The fourth-order valence-corrected chi connectivity index (χ4v) is 1.52. The van der Waals surface area contributed by atoms with Gasteiger partial charge in [-0.25, -0.2) is 0 Å². The van der Waals surface area contributed by atoms with Gasteiger partial charge in [-0.1, -0.05) is 24.3 Å². The van der Waals surface area contributed by atoms with Crippen LogP contribution in [0, 0.1) is 11.3 Å². The second-order valence-electron chi connectivity index (χ2n) is 3.41. The molecule has 2 rings (SSSR count). The molecule has 0 fully saturated rings. The van der Waals surface area contributed by atoms with Gasteiger partial charge in [-0.2, -0.15) is 5.26 Å². The van der Waals surface area contributed by atoms with Gasteiger partial charge in [0.05, 0.1) is 11.3 Å². The molecule has 0 aliphatic rings. The van der Waals surface area contributed by atoms with Crippen LogP contribution >= 0.6 is 0 Å². The Bertz CT molecular complexity index is 524. The van der Waals surface area contributed by atoms with Crippen molar-refractivity contribution in [1.29, 1.82) is 5.26 Å². The fraction of sp³-hybridized carbons (Fsp3) is 0.0769. The van der Waals surface area contributed by atoms with Crippen molar-refractivity contribution in [2.24, 2.45) is 5.73 Å². The summed E-state index contributed by atoms with van der Waals surface area (Å²) in [4.78, 5) is 4.22. The Hall–Kier alpha value is -2.18. The molecule has 0 bridgehead atoms. The van der Waals surface area contributed by atoms with E-state index in [9.17, 15) is 0 Å². The van der Waals surface area contributed by atoms with Crippen LogP contribution in [0.2, 0.25) is 0 Å². The van der Waals surface area contributed by atoms with Crippen LogP contribution in [0.5, 0.6) is 0 Å². The highest BCUT2D eigenvalue weighted by molar-refractivity contribution is 5.66. The van der Waals surface area contributed by atoms with E-state index in [2.05, 4.69) is 11.1 Å². The molecule has 2 N–H and O–H groups in total. The van der Waals surface area contributed by atoms with Gasteiger partial charge < -0.3 is 5.73 Å². The Kier molecular flexibility index (Phi) is 2.95. The predicted molar refractivity (Wildman–Crippen MR) is 62.3 cm³/mol. The summed E-state index contributed by atoms with van der Waals surface area (Å²) in [7, 11) is 0. The number of hydrogen-bond donors (Lipinski definition) is 1. The molecule has 1 aromatic heterocycles. The van der Waals surface area contributed by atoms with E-state index in [4.69, 9.17) is 11.0 Å². The van der Waals surface area contributed by atoms with Gasteiger partial charge >= 0.3 is 0 Å². The third-order valence-electron chi connectivity index (χ3n) is 2.39. The van der Waals surface area contributed by atoms with E-state index in [0.29, 0.717) is 17.8 Å². The maximum Gasteiger partial charge on any atom is 0.101 e. The van der Waals surface area contributed by atoms with Crippen LogP contribution in [0.3, 0.4) is 0 Å². The second kappa shape index (κ2) is 4.56. The molecular weight excluding hydrogens is 198 g/mol. The summed E-state index contributed by atoms with van der Waals surface area (Å²) in [6.45, 7) is 0.521. The van der Waals surface area contributed by atoms with E-state index in [-0.39, 0.29) is 0 Å². The van der Waals surface area contributed by atoms with Crippen molar-refractivity contribution in [3.8, 4) is 17.3 Å². The minimum atomic E-state index is 0.521. The number of pyridine rings is 1. The van der Waals surface area contributed by atoms with E-state index in [1.165, 1.54) is 0 Å². The SMILES string of the molecule is N#Cc1cccnc1-c1ccc(CN)cc1. The van der Waals surface area contributed by atoms with Gasteiger partial charge in [-0.05, 0) is 17.7 Å². The molecule has 0 atom stereocenters. The zero-order valence-electron chi connectivity index (χ0n) is 8.72. The highest BCUT2D eigenvalue weighted by Crippen LogP contribution is 2.20. The van der Waals surface area contributed by atoms with Crippen molar-refractivity contribution in [1.82, 2.24) is 4.98 Å². The summed E-state index contributed by atoms with van der Waals surface area (Å²) in [5.74, 6) is 0. The summed E-state index contributed by atoms with van der Waals surface area (Å²) in [5, 5.41) is 8.97. The Balaban J connectivity index is 2.47. The lowest BCUT2D eigenvalue weighted by molar-refractivity contribution is 1.07.